The van der Waals surface area contributed by atoms with Crippen LogP contribution in [0.4, 0.5) is 35.1 Å². The molecule has 0 bridgehead atoms. The van der Waals surface area contributed by atoms with Crippen LogP contribution in [0, 0.1) is 0 Å². The molecule has 0 saturated heterocycles. The first kappa shape index (κ1) is 20.6. The van der Waals surface area contributed by atoms with Crippen molar-refractivity contribution in [2.24, 2.45) is 0 Å². The summed E-state index contributed by atoms with van der Waals surface area (Å²) in [6.07, 6.45) is -11.6. The number of aliphatic hydroxyl groups is 1. The first-order valence-corrected chi connectivity index (χ1v) is 7.62. The van der Waals surface area contributed by atoms with Crippen LogP contribution in [0.3, 0.4) is 0 Å². The van der Waals surface area contributed by atoms with E-state index in [-0.39, 0.29) is 4.47 Å². The normalized spacial score (nSPS) is 15.6. The average molecular weight is 449 g/mol. The van der Waals surface area contributed by atoms with Gasteiger partial charge in [-0.3, -0.25) is 0 Å². The fraction of sp³-hybridized carbons (Fsp3) is 0.250. The molecule has 2 rings (SSSR count). The average Bonchev–Trinajstić information content (AvgIpc) is 2.52. The predicted molar refractivity (Wildman–Crippen MR) is 79.6 cm³/mol. The highest BCUT2D eigenvalue weighted by Crippen LogP contribution is 2.53. The summed E-state index contributed by atoms with van der Waals surface area (Å²) in [5, 5.41) is 10.5. The second-order valence-corrected chi connectivity index (χ2v) is 6.25. The Bertz CT molecular complexity index is 782. The quantitative estimate of drug-likeness (QED) is 0.579. The molecule has 0 spiro atoms. The van der Waals surface area contributed by atoms with E-state index in [1.165, 1.54) is 0 Å². The Morgan fingerprint density at radius 1 is 0.692 bits per heavy atom. The zero-order valence-electron chi connectivity index (χ0n) is 12.5. The Labute approximate surface area is 150 Å². The fourth-order valence-corrected chi connectivity index (χ4v) is 2.71. The number of halogens is 9. The summed E-state index contributed by atoms with van der Waals surface area (Å²) in [6.45, 7) is 0. The number of hydrogen-bond donors (Lipinski definition) is 1. The third-order valence-electron chi connectivity index (χ3n) is 3.69. The van der Waals surface area contributed by atoms with Gasteiger partial charge in [0.25, 0.3) is 0 Å². The largest absolute Gasteiger partial charge is 0.457 e. The predicted octanol–water partition coefficient (Wildman–Crippen LogP) is 5.90. The van der Waals surface area contributed by atoms with Crippen molar-refractivity contribution in [2.75, 3.05) is 0 Å². The minimum atomic E-state index is -6.31. The molecule has 0 radical (unpaired) electrons. The Kier molecular flexibility index (Phi) is 5.15. The lowest BCUT2D eigenvalue weighted by atomic mass is 9.78. The van der Waals surface area contributed by atoms with Gasteiger partial charge in [0, 0.05) is 10.0 Å². The van der Waals surface area contributed by atoms with Crippen molar-refractivity contribution >= 4 is 15.9 Å². The SMILES string of the molecule is OC(c1ccc(Br)cc1)(c1ccccc1C(F)(F)F)C(F)(F)C(F)(F)F. The summed E-state index contributed by atoms with van der Waals surface area (Å²) < 4.78 is 107. The van der Waals surface area contributed by atoms with Crippen LogP contribution in [0.2, 0.25) is 0 Å². The molecule has 2 aromatic rings. The van der Waals surface area contributed by atoms with Gasteiger partial charge in [0.1, 0.15) is 0 Å². The minimum absolute atomic E-state index is 0.267. The molecule has 1 unspecified atom stereocenters. The van der Waals surface area contributed by atoms with E-state index in [2.05, 4.69) is 15.9 Å². The van der Waals surface area contributed by atoms with E-state index in [0.29, 0.717) is 24.3 Å². The Morgan fingerprint density at radius 3 is 1.58 bits per heavy atom. The lowest BCUT2D eigenvalue weighted by Crippen LogP contribution is -2.56. The molecule has 0 amide bonds. The van der Waals surface area contributed by atoms with E-state index in [0.717, 1.165) is 24.3 Å². The van der Waals surface area contributed by atoms with Crippen molar-refractivity contribution in [3.8, 4) is 0 Å². The summed E-state index contributed by atoms with van der Waals surface area (Å²) in [5.74, 6) is -5.91. The zero-order chi connectivity index (χ0) is 20.0. The fourth-order valence-electron chi connectivity index (χ4n) is 2.45. The summed E-state index contributed by atoms with van der Waals surface area (Å²) in [4.78, 5) is 0. The van der Waals surface area contributed by atoms with Crippen molar-refractivity contribution in [2.45, 2.75) is 23.9 Å². The molecule has 142 valence electrons. The molecule has 0 saturated carbocycles. The first-order chi connectivity index (χ1) is 11.7. The van der Waals surface area contributed by atoms with Gasteiger partial charge >= 0.3 is 18.3 Å². The highest BCUT2D eigenvalue weighted by atomic mass is 79.9. The van der Waals surface area contributed by atoms with E-state index >= 15 is 0 Å². The second-order valence-electron chi connectivity index (χ2n) is 5.33. The lowest BCUT2D eigenvalue weighted by molar-refractivity contribution is -0.337. The van der Waals surface area contributed by atoms with Gasteiger partial charge in [-0.1, -0.05) is 46.3 Å². The first-order valence-electron chi connectivity index (χ1n) is 6.82. The highest BCUT2D eigenvalue weighted by Gasteiger charge is 2.72. The van der Waals surface area contributed by atoms with Crippen LogP contribution in [0.1, 0.15) is 16.7 Å². The molecule has 0 aliphatic rings. The maximum absolute atomic E-state index is 14.3. The number of alkyl halides is 8. The van der Waals surface area contributed by atoms with Crippen molar-refractivity contribution in [3.05, 3.63) is 69.7 Å². The maximum Gasteiger partial charge on any atom is 0.457 e. The molecule has 1 atom stereocenters. The maximum atomic E-state index is 14.3. The van der Waals surface area contributed by atoms with Gasteiger partial charge < -0.3 is 5.11 Å². The van der Waals surface area contributed by atoms with Crippen LogP contribution >= 0.6 is 15.9 Å². The standard InChI is InChI=1S/C16H9BrF8O/c17-10-7-5-9(6-8-10)13(26,15(21,22)16(23,24)25)11-3-1-2-4-12(11)14(18,19)20/h1-8,26H. The smallest absolute Gasteiger partial charge is 0.374 e. The number of rotatable bonds is 3. The van der Waals surface area contributed by atoms with Crippen LogP contribution < -0.4 is 0 Å². The van der Waals surface area contributed by atoms with Gasteiger partial charge in [0.2, 0.25) is 0 Å². The molecule has 0 heterocycles. The Morgan fingerprint density at radius 2 is 1.15 bits per heavy atom. The van der Waals surface area contributed by atoms with Gasteiger partial charge in [-0.25, -0.2) is 0 Å². The monoisotopic (exact) mass is 448 g/mol. The van der Waals surface area contributed by atoms with E-state index in [9.17, 15) is 40.2 Å². The molecule has 1 N–H and O–H groups in total. The molecule has 0 aliphatic heterocycles. The van der Waals surface area contributed by atoms with E-state index in [1.807, 2.05) is 0 Å². The number of benzene rings is 2. The molecule has 0 aliphatic carbocycles. The molecule has 0 fully saturated rings. The van der Waals surface area contributed by atoms with Crippen molar-refractivity contribution in [1.82, 2.24) is 0 Å². The van der Waals surface area contributed by atoms with Gasteiger partial charge in [-0.2, -0.15) is 35.1 Å². The van der Waals surface area contributed by atoms with Crippen molar-refractivity contribution in [1.29, 1.82) is 0 Å². The van der Waals surface area contributed by atoms with Crippen molar-refractivity contribution < 1.29 is 40.2 Å². The van der Waals surface area contributed by atoms with Gasteiger partial charge in [0.15, 0.2) is 5.60 Å². The third kappa shape index (κ3) is 3.32. The molecular weight excluding hydrogens is 440 g/mol. The lowest BCUT2D eigenvalue weighted by Gasteiger charge is -2.38. The van der Waals surface area contributed by atoms with Crippen LogP contribution in [0.15, 0.2) is 53.0 Å². The summed E-state index contributed by atoms with van der Waals surface area (Å²) in [7, 11) is 0. The van der Waals surface area contributed by atoms with Crippen LogP contribution in [-0.4, -0.2) is 17.2 Å². The Hall–Kier alpha value is -1.68. The summed E-state index contributed by atoms with van der Waals surface area (Å²) >= 11 is 2.93. The minimum Gasteiger partial charge on any atom is -0.374 e. The van der Waals surface area contributed by atoms with Crippen LogP contribution in [0.5, 0.6) is 0 Å². The molecule has 1 nitrogen and oxygen atoms in total. The third-order valence-corrected chi connectivity index (χ3v) is 4.22. The molecule has 10 heteroatoms. The van der Waals surface area contributed by atoms with Crippen LogP contribution in [-0.2, 0) is 11.8 Å². The topological polar surface area (TPSA) is 20.2 Å². The molecule has 0 aromatic heterocycles. The Balaban J connectivity index is 2.90. The van der Waals surface area contributed by atoms with E-state index in [4.69, 9.17) is 0 Å². The molecular formula is C16H9BrF8O. The second kappa shape index (κ2) is 6.49. The van der Waals surface area contributed by atoms with Gasteiger partial charge in [-0.05, 0) is 23.8 Å². The zero-order valence-corrected chi connectivity index (χ0v) is 14.1. The van der Waals surface area contributed by atoms with Crippen molar-refractivity contribution in [3.63, 3.8) is 0 Å². The van der Waals surface area contributed by atoms with Crippen LogP contribution in [0.25, 0.3) is 0 Å². The summed E-state index contributed by atoms with van der Waals surface area (Å²) in [5.41, 5.74) is -8.73. The molecule has 26 heavy (non-hydrogen) atoms. The van der Waals surface area contributed by atoms with E-state index < -0.39 is 40.6 Å². The van der Waals surface area contributed by atoms with Gasteiger partial charge in [-0.15, -0.1) is 0 Å². The highest BCUT2D eigenvalue weighted by molar-refractivity contribution is 9.10. The van der Waals surface area contributed by atoms with E-state index in [1.54, 1.807) is 0 Å². The summed E-state index contributed by atoms with van der Waals surface area (Å²) in [6, 6.07) is 5.82. The number of hydrogen-bond acceptors (Lipinski definition) is 1. The van der Waals surface area contributed by atoms with Gasteiger partial charge in [0.05, 0.1) is 5.56 Å². The molecule has 2 aromatic carbocycles.